The molecule has 1 aromatic heterocycles. The zero-order valence-electron chi connectivity index (χ0n) is 11.5. The van der Waals surface area contributed by atoms with E-state index in [0.29, 0.717) is 26.1 Å². The van der Waals surface area contributed by atoms with Crippen molar-refractivity contribution in [1.82, 2.24) is 19.6 Å². The maximum atomic E-state index is 12.7. The van der Waals surface area contributed by atoms with Crippen LogP contribution in [0.2, 0.25) is 0 Å². The van der Waals surface area contributed by atoms with Crippen molar-refractivity contribution in [3.8, 4) is 0 Å². The van der Waals surface area contributed by atoms with E-state index in [-0.39, 0.29) is 12.4 Å². The third kappa shape index (κ3) is 2.82. The SMILES string of the molecule is O=S(=O)(C1CNC1)N1CCC(c2nccc(C(F)(F)F)n2)C1. The lowest BCUT2D eigenvalue weighted by Crippen LogP contribution is -2.55. The van der Waals surface area contributed by atoms with Crippen LogP contribution in [0.1, 0.15) is 23.9 Å². The highest BCUT2D eigenvalue weighted by molar-refractivity contribution is 7.89. The van der Waals surface area contributed by atoms with Crippen LogP contribution in [0, 0.1) is 0 Å². The second kappa shape index (κ2) is 5.43. The van der Waals surface area contributed by atoms with E-state index in [2.05, 4.69) is 15.3 Å². The number of halogens is 3. The molecule has 1 aromatic rings. The average molecular weight is 336 g/mol. The lowest BCUT2D eigenvalue weighted by molar-refractivity contribution is -0.141. The summed E-state index contributed by atoms with van der Waals surface area (Å²) in [6.45, 7) is 1.27. The van der Waals surface area contributed by atoms with Gasteiger partial charge in [0, 0.05) is 38.3 Å². The lowest BCUT2D eigenvalue weighted by Gasteiger charge is -2.30. The van der Waals surface area contributed by atoms with Crippen molar-refractivity contribution in [2.75, 3.05) is 26.2 Å². The van der Waals surface area contributed by atoms with Crippen LogP contribution in [0.25, 0.3) is 0 Å². The molecule has 0 bridgehead atoms. The van der Waals surface area contributed by atoms with E-state index in [1.165, 1.54) is 4.31 Å². The van der Waals surface area contributed by atoms with Crippen LogP contribution < -0.4 is 5.32 Å². The molecule has 2 saturated heterocycles. The Hall–Kier alpha value is -1.26. The lowest BCUT2D eigenvalue weighted by atomic mass is 10.1. The molecule has 0 spiro atoms. The van der Waals surface area contributed by atoms with E-state index in [9.17, 15) is 21.6 Å². The maximum absolute atomic E-state index is 12.7. The van der Waals surface area contributed by atoms with E-state index in [1.54, 1.807) is 0 Å². The van der Waals surface area contributed by atoms with Gasteiger partial charge in [-0.15, -0.1) is 0 Å². The van der Waals surface area contributed by atoms with Crippen LogP contribution >= 0.6 is 0 Å². The third-order valence-electron chi connectivity index (χ3n) is 4.01. The van der Waals surface area contributed by atoms with Crippen LogP contribution in [0.15, 0.2) is 12.3 Å². The minimum absolute atomic E-state index is 0.0549. The molecule has 1 atom stereocenters. The van der Waals surface area contributed by atoms with Crippen molar-refractivity contribution < 1.29 is 21.6 Å². The van der Waals surface area contributed by atoms with E-state index in [4.69, 9.17) is 0 Å². The first-order chi connectivity index (χ1) is 10.3. The Morgan fingerprint density at radius 3 is 2.64 bits per heavy atom. The number of alkyl halides is 3. The summed E-state index contributed by atoms with van der Waals surface area (Å²) in [4.78, 5) is 7.44. The number of hydrogen-bond acceptors (Lipinski definition) is 5. The van der Waals surface area contributed by atoms with Crippen molar-refractivity contribution in [1.29, 1.82) is 0 Å². The molecule has 1 N–H and O–H groups in total. The van der Waals surface area contributed by atoms with Gasteiger partial charge in [0.2, 0.25) is 10.0 Å². The fourth-order valence-corrected chi connectivity index (χ4v) is 4.41. The number of hydrogen-bond donors (Lipinski definition) is 1. The van der Waals surface area contributed by atoms with Crippen molar-refractivity contribution >= 4 is 10.0 Å². The molecular weight excluding hydrogens is 321 g/mol. The van der Waals surface area contributed by atoms with Gasteiger partial charge in [-0.05, 0) is 12.5 Å². The summed E-state index contributed by atoms with van der Waals surface area (Å²) >= 11 is 0. The molecule has 0 amide bonds. The molecule has 3 heterocycles. The number of nitrogens with zero attached hydrogens (tertiary/aromatic N) is 3. The Kier molecular flexibility index (Phi) is 3.86. The predicted octanol–water partition coefficient (Wildman–Crippen LogP) is 0.586. The van der Waals surface area contributed by atoms with E-state index in [1.807, 2.05) is 0 Å². The molecule has 2 aliphatic heterocycles. The van der Waals surface area contributed by atoms with Gasteiger partial charge in [0.25, 0.3) is 0 Å². The highest BCUT2D eigenvalue weighted by Crippen LogP contribution is 2.31. The number of rotatable bonds is 3. The normalized spacial score (nSPS) is 24.4. The van der Waals surface area contributed by atoms with Crippen molar-refractivity contribution in [2.24, 2.45) is 0 Å². The Morgan fingerprint density at radius 2 is 2.05 bits per heavy atom. The summed E-state index contributed by atoms with van der Waals surface area (Å²) in [5, 5.41) is 2.47. The summed E-state index contributed by atoms with van der Waals surface area (Å²) in [6.07, 6.45) is -3.03. The smallest absolute Gasteiger partial charge is 0.314 e. The molecule has 2 fully saturated rings. The van der Waals surface area contributed by atoms with Gasteiger partial charge >= 0.3 is 6.18 Å². The van der Waals surface area contributed by atoms with Crippen LogP contribution in [-0.2, 0) is 16.2 Å². The first kappa shape index (κ1) is 15.6. The third-order valence-corrected chi connectivity index (χ3v) is 6.23. The molecule has 3 rings (SSSR count). The molecular formula is C12H15F3N4O2S. The monoisotopic (exact) mass is 336 g/mol. The van der Waals surface area contributed by atoms with Gasteiger partial charge in [0.05, 0.1) is 0 Å². The van der Waals surface area contributed by atoms with Gasteiger partial charge in [0.1, 0.15) is 16.8 Å². The molecule has 0 aromatic carbocycles. The Balaban J connectivity index is 1.75. The average Bonchev–Trinajstić information content (AvgIpc) is 2.85. The Morgan fingerprint density at radius 1 is 1.32 bits per heavy atom. The molecule has 122 valence electrons. The summed E-state index contributed by atoms with van der Waals surface area (Å²) in [5.74, 6) is -0.343. The van der Waals surface area contributed by atoms with Gasteiger partial charge < -0.3 is 5.32 Å². The molecule has 6 nitrogen and oxygen atoms in total. The predicted molar refractivity (Wildman–Crippen MR) is 71.5 cm³/mol. The Labute approximate surface area is 125 Å². The fraction of sp³-hybridized carbons (Fsp3) is 0.667. The zero-order valence-corrected chi connectivity index (χ0v) is 12.4. The second-order valence-corrected chi connectivity index (χ2v) is 7.68. The van der Waals surface area contributed by atoms with E-state index < -0.39 is 33.1 Å². The van der Waals surface area contributed by atoms with Crippen molar-refractivity contribution in [2.45, 2.75) is 23.8 Å². The quantitative estimate of drug-likeness (QED) is 0.874. The molecule has 0 saturated carbocycles. The molecule has 22 heavy (non-hydrogen) atoms. The zero-order chi connectivity index (χ0) is 16.0. The van der Waals surface area contributed by atoms with Gasteiger partial charge in [-0.2, -0.15) is 13.2 Å². The number of nitrogens with one attached hydrogen (secondary N) is 1. The summed E-state index contributed by atoms with van der Waals surface area (Å²) in [7, 11) is -3.39. The van der Waals surface area contributed by atoms with Crippen molar-refractivity contribution in [3.05, 3.63) is 23.8 Å². The van der Waals surface area contributed by atoms with Gasteiger partial charge in [-0.1, -0.05) is 0 Å². The molecule has 10 heteroatoms. The molecule has 0 radical (unpaired) electrons. The van der Waals surface area contributed by atoms with Gasteiger partial charge in [0.15, 0.2) is 0 Å². The highest BCUT2D eigenvalue weighted by Gasteiger charge is 2.41. The fourth-order valence-electron chi connectivity index (χ4n) is 2.58. The summed E-state index contributed by atoms with van der Waals surface area (Å²) < 4.78 is 63.9. The largest absolute Gasteiger partial charge is 0.433 e. The van der Waals surface area contributed by atoms with Crippen LogP contribution in [0.5, 0.6) is 0 Å². The summed E-state index contributed by atoms with van der Waals surface area (Å²) in [6, 6.07) is 0.812. The number of sulfonamides is 1. The molecule has 0 aliphatic carbocycles. The molecule has 2 aliphatic rings. The van der Waals surface area contributed by atoms with Crippen LogP contribution in [0.3, 0.4) is 0 Å². The molecule has 1 unspecified atom stereocenters. The van der Waals surface area contributed by atoms with Crippen LogP contribution in [0.4, 0.5) is 13.2 Å². The van der Waals surface area contributed by atoms with Gasteiger partial charge in [-0.25, -0.2) is 22.7 Å². The topological polar surface area (TPSA) is 75.2 Å². The minimum atomic E-state index is -4.53. The Bertz CT molecular complexity index is 661. The highest BCUT2D eigenvalue weighted by atomic mass is 32.2. The first-order valence-electron chi connectivity index (χ1n) is 6.88. The van der Waals surface area contributed by atoms with Gasteiger partial charge in [-0.3, -0.25) is 0 Å². The van der Waals surface area contributed by atoms with Crippen molar-refractivity contribution in [3.63, 3.8) is 0 Å². The van der Waals surface area contributed by atoms with E-state index >= 15 is 0 Å². The van der Waals surface area contributed by atoms with E-state index in [0.717, 1.165) is 12.3 Å². The minimum Gasteiger partial charge on any atom is -0.314 e. The standard InChI is InChI=1S/C12H15F3N4O2S/c13-12(14,15)10-1-3-17-11(18-10)8-2-4-19(7-8)22(20,21)9-5-16-6-9/h1,3,8-9,16H,2,4-7H2. The number of aromatic nitrogens is 2. The maximum Gasteiger partial charge on any atom is 0.433 e. The summed E-state index contributed by atoms with van der Waals surface area (Å²) in [5.41, 5.74) is -0.998. The first-order valence-corrected chi connectivity index (χ1v) is 8.38. The van der Waals surface area contributed by atoms with Crippen LogP contribution in [-0.4, -0.2) is 54.1 Å². The second-order valence-electron chi connectivity index (χ2n) is 5.47.